The molecule has 2 rings (SSSR count). The number of carboxylic acids is 1. The summed E-state index contributed by atoms with van der Waals surface area (Å²) in [6.07, 6.45) is -0.359. The highest BCUT2D eigenvalue weighted by atomic mass is 16.5. The van der Waals surface area contributed by atoms with Gasteiger partial charge >= 0.3 is 5.97 Å². The van der Waals surface area contributed by atoms with Crippen molar-refractivity contribution in [2.24, 2.45) is 0 Å². The summed E-state index contributed by atoms with van der Waals surface area (Å²) >= 11 is 0. The van der Waals surface area contributed by atoms with E-state index in [9.17, 15) is 9.59 Å². The van der Waals surface area contributed by atoms with Crippen molar-refractivity contribution in [3.05, 3.63) is 60.2 Å². The van der Waals surface area contributed by atoms with Gasteiger partial charge in [-0.2, -0.15) is 0 Å². The Bertz CT molecular complexity index is 605. The molecule has 0 saturated heterocycles. The van der Waals surface area contributed by atoms with E-state index in [0.717, 1.165) is 5.56 Å². The fourth-order valence-electron chi connectivity index (χ4n) is 1.80. The van der Waals surface area contributed by atoms with E-state index >= 15 is 0 Å². The molecule has 0 saturated carbocycles. The Labute approximate surface area is 116 Å². The van der Waals surface area contributed by atoms with Crippen LogP contribution in [0.25, 0.3) is 0 Å². The predicted molar refractivity (Wildman–Crippen MR) is 73.9 cm³/mol. The van der Waals surface area contributed by atoms with Gasteiger partial charge in [-0.15, -0.1) is 0 Å². The summed E-state index contributed by atoms with van der Waals surface area (Å²) in [7, 11) is 0. The maximum atomic E-state index is 11.5. The number of carboxylic acid groups (broad SMARTS) is 1. The molecule has 0 atom stereocenters. The number of hydrogen-bond acceptors (Lipinski definition) is 3. The number of Topliss-reactive ketones (excluding diaryl/α,β-unsaturated/α-hetero) is 1. The minimum atomic E-state index is -1.10. The van der Waals surface area contributed by atoms with E-state index in [1.807, 2.05) is 30.3 Å². The van der Waals surface area contributed by atoms with E-state index in [1.165, 1.54) is 0 Å². The second kappa shape index (κ2) is 6.52. The van der Waals surface area contributed by atoms with Gasteiger partial charge in [0.25, 0.3) is 0 Å². The average molecular weight is 270 g/mol. The fourth-order valence-corrected chi connectivity index (χ4v) is 1.80. The molecule has 2 aromatic rings. The number of aliphatic carboxylic acids is 1. The number of ketones is 1. The Balaban J connectivity index is 2.04. The van der Waals surface area contributed by atoms with E-state index < -0.39 is 12.4 Å². The fraction of sp³-hybridized carbons (Fsp3) is 0.125. The summed E-state index contributed by atoms with van der Waals surface area (Å²) in [5, 5.41) is 8.57. The maximum Gasteiger partial charge on any atom is 0.310 e. The lowest BCUT2D eigenvalue weighted by Gasteiger charge is -2.07. The van der Waals surface area contributed by atoms with Crippen molar-refractivity contribution in [1.29, 1.82) is 0 Å². The highest BCUT2D eigenvalue weighted by molar-refractivity contribution is 5.95. The number of carbonyl (C=O) groups excluding carboxylic acids is 1. The van der Waals surface area contributed by atoms with Gasteiger partial charge in [0.1, 0.15) is 23.7 Å². The lowest BCUT2D eigenvalue weighted by molar-refractivity contribution is -0.140. The van der Waals surface area contributed by atoms with Crippen LogP contribution in [0, 0.1) is 0 Å². The Morgan fingerprint density at radius 2 is 1.65 bits per heavy atom. The quantitative estimate of drug-likeness (QED) is 0.819. The maximum absolute atomic E-state index is 11.5. The van der Waals surface area contributed by atoms with Gasteiger partial charge in [-0.25, -0.2) is 0 Å². The third-order valence-corrected chi connectivity index (χ3v) is 2.63. The summed E-state index contributed by atoms with van der Waals surface area (Å²) in [4.78, 5) is 21.9. The number of benzene rings is 2. The molecule has 102 valence electrons. The Morgan fingerprint density at radius 1 is 0.950 bits per heavy atom. The van der Waals surface area contributed by atoms with Gasteiger partial charge in [0.05, 0.1) is 0 Å². The lowest BCUT2D eigenvalue weighted by Crippen LogP contribution is -2.09. The van der Waals surface area contributed by atoms with Crippen LogP contribution in [-0.2, 0) is 16.0 Å². The standard InChI is InChI=1S/C16H14O4/c17-13(11-16(18)19)9-12-5-4-8-15(10-12)20-14-6-2-1-3-7-14/h1-8,10H,9,11H2,(H,18,19). The molecule has 4 nitrogen and oxygen atoms in total. The number of rotatable bonds is 6. The third-order valence-electron chi connectivity index (χ3n) is 2.63. The Kier molecular flexibility index (Phi) is 4.50. The molecule has 0 aliphatic heterocycles. The van der Waals surface area contributed by atoms with Crippen LogP contribution < -0.4 is 4.74 Å². The molecular weight excluding hydrogens is 256 g/mol. The zero-order chi connectivity index (χ0) is 14.4. The van der Waals surface area contributed by atoms with E-state index in [4.69, 9.17) is 9.84 Å². The van der Waals surface area contributed by atoms with E-state index in [2.05, 4.69) is 0 Å². The molecule has 20 heavy (non-hydrogen) atoms. The van der Waals surface area contributed by atoms with Crippen LogP contribution in [0.1, 0.15) is 12.0 Å². The minimum absolute atomic E-state index is 0.0955. The van der Waals surface area contributed by atoms with Crippen LogP contribution >= 0.6 is 0 Å². The van der Waals surface area contributed by atoms with Crippen molar-refractivity contribution >= 4 is 11.8 Å². The molecular formula is C16H14O4. The van der Waals surface area contributed by atoms with Gasteiger partial charge in [-0.05, 0) is 29.8 Å². The molecule has 4 heteroatoms. The zero-order valence-electron chi connectivity index (χ0n) is 10.8. The van der Waals surface area contributed by atoms with E-state index in [-0.39, 0.29) is 12.2 Å². The first-order valence-electron chi connectivity index (χ1n) is 6.19. The highest BCUT2D eigenvalue weighted by Gasteiger charge is 2.09. The van der Waals surface area contributed by atoms with Crippen molar-refractivity contribution in [2.45, 2.75) is 12.8 Å². The number of ether oxygens (including phenoxy) is 1. The summed E-state index contributed by atoms with van der Waals surface area (Å²) in [6, 6.07) is 16.4. The van der Waals surface area contributed by atoms with Gasteiger partial charge in [-0.3, -0.25) is 9.59 Å². The summed E-state index contributed by atoms with van der Waals surface area (Å²) in [5.74, 6) is -0.0978. The van der Waals surface area contributed by atoms with Crippen molar-refractivity contribution in [3.63, 3.8) is 0 Å². The minimum Gasteiger partial charge on any atom is -0.481 e. The van der Waals surface area contributed by atoms with Crippen molar-refractivity contribution in [2.75, 3.05) is 0 Å². The van der Waals surface area contributed by atoms with Gasteiger partial charge in [0, 0.05) is 6.42 Å². The van der Waals surface area contributed by atoms with Crippen LogP contribution in [-0.4, -0.2) is 16.9 Å². The number of carbonyl (C=O) groups is 2. The Morgan fingerprint density at radius 3 is 2.35 bits per heavy atom. The predicted octanol–water partition coefficient (Wildman–Crippen LogP) is 3.07. The zero-order valence-corrected chi connectivity index (χ0v) is 10.8. The smallest absolute Gasteiger partial charge is 0.310 e. The molecule has 0 spiro atoms. The number of hydrogen-bond donors (Lipinski definition) is 1. The van der Waals surface area contributed by atoms with Crippen LogP contribution in [0.15, 0.2) is 54.6 Å². The molecule has 0 bridgehead atoms. The first kappa shape index (κ1) is 13.8. The molecule has 1 N–H and O–H groups in total. The largest absolute Gasteiger partial charge is 0.481 e. The topological polar surface area (TPSA) is 63.6 Å². The molecule has 0 radical (unpaired) electrons. The molecule has 0 fully saturated rings. The van der Waals surface area contributed by atoms with Crippen LogP contribution in [0.5, 0.6) is 11.5 Å². The monoisotopic (exact) mass is 270 g/mol. The van der Waals surface area contributed by atoms with Crippen LogP contribution in [0.3, 0.4) is 0 Å². The van der Waals surface area contributed by atoms with E-state index in [1.54, 1.807) is 24.3 Å². The van der Waals surface area contributed by atoms with Crippen molar-refractivity contribution in [1.82, 2.24) is 0 Å². The third kappa shape index (κ3) is 4.24. The molecule has 0 unspecified atom stereocenters. The molecule has 0 aromatic heterocycles. The summed E-state index contributed by atoms with van der Waals surface area (Å²) < 4.78 is 5.65. The summed E-state index contributed by atoms with van der Waals surface area (Å²) in [6.45, 7) is 0. The van der Waals surface area contributed by atoms with Gasteiger partial charge in [-0.1, -0.05) is 30.3 Å². The number of para-hydroxylation sites is 1. The SMILES string of the molecule is O=C(O)CC(=O)Cc1cccc(Oc2ccccc2)c1. The van der Waals surface area contributed by atoms with E-state index in [0.29, 0.717) is 11.5 Å². The van der Waals surface area contributed by atoms with Crippen LogP contribution in [0.4, 0.5) is 0 Å². The molecule has 0 aliphatic carbocycles. The Hall–Kier alpha value is -2.62. The second-order valence-corrected chi connectivity index (χ2v) is 4.35. The van der Waals surface area contributed by atoms with Crippen LogP contribution in [0.2, 0.25) is 0 Å². The molecule has 0 aliphatic rings. The molecule has 0 amide bonds. The van der Waals surface area contributed by atoms with Crippen molar-refractivity contribution < 1.29 is 19.4 Å². The molecule has 0 heterocycles. The highest BCUT2D eigenvalue weighted by Crippen LogP contribution is 2.22. The summed E-state index contributed by atoms with van der Waals surface area (Å²) in [5.41, 5.74) is 0.740. The first-order chi connectivity index (χ1) is 9.63. The second-order valence-electron chi connectivity index (χ2n) is 4.35. The average Bonchev–Trinajstić information content (AvgIpc) is 2.39. The van der Waals surface area contributed by atoms with Gasteiger partial charge in [0.15, 0.2) is 0 Å². The first-order valence-corrected chi connectivity index (χ1v) is 6.19. The normalized spacial score (nSPS) is 10.0. The molecule has 2 aromatic carbocycles. The van der Waals surface area contributed by atoms with Crippen molar-refractivity contribution in [3.8, 4) is 11.5 Å². The van der Waals surface area contributed by atoms with Gasteiger partial charge in [0.2, 0.25) is 0 Å². The lowest BCUT2D eigenvalue weighted by atomic mass is 10.1. The van der Waals surface area contributed by atoms with Gasteiger partial charge < -0.3 is 9.84 Å².